The molecular formula is C40H48N4O7S. The highest BCUT2D eigenvalue weighted by Crippen LogP contribution is 2.70. The van der Waals surface area contributed by atoms with Crippen LogP contribution in [0.3, 0.4) is 0 Å². The zero-order valence-corrected chi connectivity index (χ0v) is 31.1. The van der Waals surface area contributed by atoms with Crippen molar-refractivity contribution in [2.75, 3.05) is 32.1 Å². The van der Waals surface area contributed by atoms with Crippen molar-refractivity contribution in [3.05, 3.63) is 83.8 Å². The number of ether oxygens (including phenoxy) is 2. The number of benzene rings is 2. The van der Waals surface area contributed by atoms with Crippen LogP contribution in [0.2, 0.25) is 0 Å². The molecule has 276 valence electrons. The first-order valence-electron chi connectivity index (χ1n) is 18.1. The molecule has 12 heteroatoms. The van der Waals surface area contributed by atoms with Gasteiger partial charge >= 0.3 is 6.09 Å². The molecule has 0 radical (unpaired) electrons. The second-order valence-electron chi connectivity index (χ2n) is 15.6. The van der Waals surface area contributed by atoms with Crippen molar-refractivity contribution in [3.63, 3.8) is 0 Å². The lowest BCUT2D eigenvalue weighted by molar-refractivity contribution is -0.134. The zero-order chi connectivity index (χ0) is 36.8. The summed E-state index contributed by atoms with van der Waals surface area (Å²) < 4.78 is 46.6. The van der Waals surface area contributed by atoms with Crippen molar-refractivity contribution in [1.29, 1.82) is 0 Å². The van der Waals surface area contributed by atoms with Crippen molar-refractivity contribution >= 4 is 28.7 Å². The molecule has 11 nitrogen and oxygen atoms in total. The van der Waals surface area contributed by atoms with Gasteiger partial charge in [0.25, 0.3) is 0 Å². The van der Waals surface area contributed by atoms with Crippen LogP contribution in [0.5, 0.6) is 5.75 Å². The Morgan fingerprint density at radius 2 is 1.90 bits per heavy atom. The Morgan fingerprint density at radius 3 is 2.63 bits per heavy atom. The highest BCUT2D eigenvalue weighted by molar-refractivity contribution is 7.90. The van der Waals surface area contributed by atoms with Gasteiger partial charge in [0.2, 0.25) is 21.8 Å². The van der Waals surface area contributed by atoms with Gasteiger partial charge in [-0.1, -0.05) is 50.8 Å². The van der Waals surface area contributed by atoms with Crippen molar-refractivity contribution < 1.29 is 31.9 Å². The van der Waals surface area contributed by atoms with E-state index in [1.165, 1.54) is 9.21 Å². The third kappa shape index (κ3) is 6.43. The highest BCUT2D eigenvalue weighted by atomic mass is 32.2. The van der Waals surface area contributed by atoms with Gasteiger partial charge in [-0.15, -0.1) is 0 Å². The minimum atomic E-state index is -3.82. The molecule has 5 atom stereocenters. The molecule has 3 aromatic rings. The number of oxazole rings is 1. The molecule has 4 aliphatic rings. The third-order valence-electron chi connectivity index (χ3n) is 12.1. The first kappa shape index (κ1) is 35.9. The maximum Gasteiger partial charge on any atom is 0.410 e. The monoisotopic (exact) mass is 728 g/mol. The van der Waals surface area contributed by atoms with Gasteiger partial charge in [-0.3, -0.25) is 9.79 Å². The van der Waals surface area contributed by atoms with Gasteiger partial charge in [0.1, 0.15) is 18.1 Å². The van der Waals surface area contributed by atoms with Crippen LogP contribution in [-0.4, -0.2) is 79.4 Å². The number of carbonyl (C=O) groups excluding carboxylic acids is 2. The minimum absolute atomic E-state index is 0.00848. The Kier molecular flexibility index (Phi) is 9.56. The number of aromatic nitrogens is 1. The van der Waals surface area contributed by atoms with Crippen LogP contribution >= 0.6 is 0 Å². The van der Waals surface area contributed by atoms with Gasteiger partial charge in [0.15, 0.2) is 0 Å². The molecule has 2 amide bonds. The van der Waals surface area contributed by atoms with Crippen molar-refractivity contribution in [1.82, 2.24) is 14.2 Å². The van der Waals surface area contributed by atoms with Crippen LogP contribution in [0.4, 0.5) is 4.79 Å². The van der Waals surface area contributed by atoms with E-state index < -0.39 is 33.4 Å². The number of fused-ring (bicyclic) bond motifs is 1. The summed E-state index contributed by atoms with van der Waals surface area (Å²) in [5.74, 6) is 0.805. The average Bonchev–Trinajstić information content (AvgIpc) is 3.87. The largest absolute Gasteiger partial charge is 0.493 e. The standard InChI is InChI=1S/C40H48N4O7S/c1-26(2)24-50-38(46)43-22-29(32(23-43)37(45)44-35-20-30-14-16-40(35,39(30,3)4)25-52(44,47)48)18-27-10-9-13-31(19-27)49-17-15-33-34(21-41-5)51-36(42-33)28-11-7-6-8-12-28/h6-13,19,29-30,32,35H,1,5,14-18,20-25H2,2-4H3/t29-,30?,32+,35+,40+/m0/s1. The molecule has 0 N–H and O–H groups in total. The number of carbonyl (C=O) groups is 2. The fraction of sp³-hybridized carbons (Fsp3) is 0.500. The van der Waals surface area contributed by atoms with E-state index in [2.05, 4.69) is 32.1 Å². The predicted octanol–water partition coefficient (Wildman–Crippen LogP) is 6.33. The quantitative estimate of drug-likeness (QED) is 0.156. The number of hydrogen-bond donors (Lipinski definition) is 0. The Hall–Kier alpha value is -4.45. The lowest BCUT2D eigenvalue weighted by atomic mass is 9.69. The lowest BCUT2D eigenvalue weighted by Gasteiger charge is -2.37. The van der Waals surface area contributed by atoms with E-state index in [4.69, 9.17) is 18.9 Å². The highest BCUT2D eigenvalue weighted by Gasteiger charge is 2.72. The molecule has 3 heterocycles. The van der Waals surface area contributed by atoms with E-state index in [1.807, 2.05) is 54.6 Å². The third-order valence-corrected chi connectivity index (χ3v) is 14.1. The summed E-state index contributed by atoms with van der Waals surface area (Å²) in [7, 11) is -3.82. The summed E-state index contributed by atoms with van der Waals surface area (Å²) in [6.07, 6.45) is 2.93. The number of aliphatic imine (C=N–C) groups is 1. The van der Waals surface area contributed by atoms with Gasteiger partial charge in [-0.25, -0.2) is 22.5 Å². The Balaban J connectivity index is 1.07. The van der Waals surface area contributed by atoms with Crippen LogP contribution in [-0.2, 0) is 38.9 Å². The fourth-order valence-corrected chi connectivity index (χ4v) is 11.9. The molecule has 1 spiro atoms. The number of rotatable bonds is 12. The summed E-state index contributed by atoms with van der Waals surface area (Å²) in [5.41, 5.74) is 2.67. The van der Waals surface area contributed by atoms with Gasteiger partial charge in [0, 0.05) is 30.5 Å². The maximum atomic E-state index is 14.5. The molecule has 4 fully saturated rings. The average molecular weight is 729 g/mol. The molecular weight excluding hydrogens is 681 g/mol. The minimum Gasteiger partial charge on any atom is -0.493 e. The maximum absolute atomic E-state index is 14.5. The Bertz CT molecular complexity index is 1980. The summed E-state index contributed by atoms with van der Waals surface area (Å²) in [4.78, 5) is 37.9. The van der Waals surface area contributed by atoms with Crippen LogP contribution in [0.25, 0.3) is 11.5 Å². The van der Waals surface area contributed by atoms with E-state index in [9.17, 15) is 18.0 Å². The van der Waals surface area contributed by atoms with Gasteiger partial charge < -0.3 is 18.8 Å². The molecule has 2 saturated heterocycles. The molecule has 2 bridgehead atoms. The fourth-order valence-electron chi connectivity index (χ4n) is 9.36. The van der Waals surface area contributed by atoms with Gasteiger partial charge in [-0.05, 0) is 92.0 Å². The van der Waals surface area contributed by atoms with Crippen LogP contribution in [0.15, 0.2) is 76.2 Å². The number of likely N-dealkylation sites (tertiary alicyclic amines) is 1. The smallest absolute Gasteiger partial charge is 0.410 e. The molecule has 1 unspecified atom stereocenters. The van der Waals surface area contributed by atoms with E-state index in [0.29, 0.717) is 61.3 Å². The summed E-state index contributed by atoms with van der Waals surface area (Å²) in [6.45, 7) is 14.6. The first-order valence-corrected chi connectivity index (χ1v) is 19.7. The molecule has 52 heavy (non-hydrogen) atoms. The molecule has 1 aromatic heterocycles. The number of amides is 2. The predicted molar refractivity (Wildman–Crippen MR) is 197 cm³/mol. The normalized spacial score (nSPS) is 26.7. The number of sulfonamides is 1. The molecule has 2 aliphatic carbocycles. The van der Waals surface area contributed by atoms with Crippen LogP contribution in [0, 0.1) is 28.6 Å². The van der Waals surface area contributed by atoms with E-state index in [0.717, 1.165) is 29.7 Å². The molecule has 2 aromatic carbocycles. The van der Waals surface area contributed by atoms with Crippen molar-refractivity contribution in [2.24, 2.45) is 33.6 Å². The topological polar surface area (TPSA) is 132 Å². The number of nitrogens with zero attached hydrogens (tertiary/aromatic N) is 4. The van der Waals surface area contributed by atoms with Crippen molar-refractivity contribution in [2.45, 2.75) is 65.5 Å². The van der Waals surface area contributed by atoms with Crippen LogP contribution in [0.1, 0.15) is 57.1 Å². The summed E-state index contributed by atoms with van der Waals surface area (Å²) >= 11 is 0. The SMILES string of the molecule is C=NCc1oc(-c2ccccc2)nc1CCOc1cccc(C[C@H]2CN(C(=O)OCC(=C)C)C[C@H]2C(=O)N2[C@@H]3CC4CC[C@]3(CS2(=O)=O)C4(C)C)c1. The van der Waals surface area contributed by atoms with E-state index in [1.54, 1.807) is 6.92 Å². The summed E-state index contributed by atoms with van der Waals surface area (Å²) in [6, 6.07) is 17.0. The van der Waals surface area contributed by atoms with Crippen LogP contribution < -0.4 is 4.74 Å². The van der Waals surface area contributed by atoms with E-state index >= 15 is 0 Å². The Morgan fingerprint density at radius 1 is 1.12 bits per heavy atom. The van der Waals surface area contributed by atoms with E-state index in [-0.39, 0.29) is 42.8 Å². The van der Waals surface area contributed by atoms with Gasteiger partial charge in [-0.2, -0.15) is 0 Å². The second-order valence-corrected chi connectivity index (χ2v) is 17.5. The number of hydrogen-bond acceptors (Lipinski definition) is 9. The lowest BCUT2D eigenvalue weighted by Crippen LogP contribution is -2.47. The van der Waals surface area contributed by atoms with Crippen molar-refractivity contribution in [3.8, 4) is 17.2 Å². The molecule has 2 saturated carbocycles. The summed E-state index contributed by atoms with van der Waals surface area (Å²) in [5, 5.41) is 0. The zero-order valence-electron chi connectivity index (χ0n) is 30.3. The van der Waals surface area contributed by atoms with Gasteiger partial charge in [0.05, 0.1) is 36.6 Å². The molecule has 2 aliphatic heterocycles. The molecule has 7 rings (SSSR count). The first-order chi connectivity index (χ1) is 24.8. The Labute approximate surface area is 306 Å². The second kappa shape index (κ2) is 13.8.